The molecule has 0 atom stereocenters. The maximum atomic E-state index is 12.1. The van der Waals surface area contributed by atoms with Crippen LogP contribution < -0.4 is 5.32 Å². The number of hydrogen-bond acceptors (Lipinski definition) is 6. The average molecular weight is 357 g/mol. The van der Waals surface area contributed by atoms with Gasteiger partial charge in [0.2, 0.25) is 11.8 Å². The van der Waals surface area contributed by atoms with E-state index in [-0.39, 0.29) is 12.3 Å². The normalized spacial score (nSPS) is 11.1. The van der Waals surface area contributed by atoms with Crippen molar-refractivity contribution in [2.45, 2.75) is 53.6 Å². The summed E-state index contributed by atoms with van der Waals surface area (Å²) in [5.74, 6) is 1.50. The molecule has 3 aromatic heterocycles. The van der Waals surface area contributed by atoms with Crippen molar-refractivity contribution in [1.29, 1.82) is 0 Å². The van der Waals surface area contributed by atoms with Gasteiger partial charge in [0.05, 0.1) is 17.5 Å². The third-order valence-corrected chi connectivity index (χ3v) is 4.42. The molecule has 0 bridgehead atoms. The highest BCUT2D eigenvalue weighted by Crippen LogP contribution is 2.23. The van der Waals surface area contributed by atoms with Crippen LogP contribution >= 0.6 is 0 Å². The fourth-order valence-corrected chi connectivity index (χ4v) is 2.86. The van der Waals surface area contributed by atoms with E-state index in [0.717, 1.165) is 34.8 Å². The summed E-state index contributed by atoms with van der Waals surface area (Å²) >= 11 is 0. The maximum Gasteiger partial charge on any atom is 0.251 e. The quantitative estimate of drug-likeness (QED) is 0.698. The molecule has 3 aromatic rings. The number of aryl methyl sites for hydroxylation is 4. The van der Waals surface area contributed by atoms with Crippen molar-refractivity contribution in [3.05, 3.63) is 40.9 Å². The Balaban J connectivity index is 1.53. The molecule has 0 fully saturated rings. The fraction of sp³-hybridized carbons (Fsp3) is 0.444. The van der Waals surface area contributed by atoms with Gasteiger partial charge in [-0.2, -0.15) is 5.10 Å². The van der Waals surface area contributed by atoms with Crippen LogP contribution in [0.15, 0.2) is 21.2 Å². The van der Waals surface area contributed by atoms with Crippen LogP contribution in [0.4, 0.5) is 0 Å². The Bertz CT molecular complexity index is 906. The number of carbonyl (C=O) groups is 1. The van der Waals surface area contributed by atoms with Crippen molar-refractivity contribution in [2.75, 3.05) is 0 Å². The smallest absolute Gasteiger partial charge is 0.251 e. The number of aromatic nitrogens is 4. The number of carbonyl (C=O) groups excluding carboxylic acids is 1. The van der Waals surface area contributed by atoms with E-state index >= 15 is 0 Å². The van der Waals surface area contributed by atoms with Crippen LogP contribution in [0.25, 0.3) is 11.5 Å². The van der Waals surface area contributed by atoms with Crippen molar-refractivity contribution < 1.29 is 13.6 Å². The van der Waals surface area contributed by atoms with Gasteiger partial charge in [-0.25, -0.2) is 0 Å². The van der Waals surface area contributed by atoms with Crippen molar-refractivity contribution in [3.8, 4) is 11.5 Å². The number of furan rings is 1. The standard InChI is InChI=1S/C18H23N5O3/c1-5-23-12(3)15(11(2)22-23)10-19-16(24)6-7-17-20-21-18(26-17)14-8-9-25-13(14)4/h8-9H,5-7,10H2,1-4H3,(H,19,24). The number of hydrogen-bond donors (Lipinski definition) is 1. The lowest BCUT2D eigenvalue weighted by atomic mass is 10.2. The summed E-state index contributed by atoms with van der Waals surface area (Å²) in [6.07, 6.45) is 2.25. The molecular weight excluding hydrogens is 334 g/mol. The zero-order valence-electron chi connectivity index (χ0n) is 15.5. The molecule has 0 aromatic carbocycles. The van der Waals surface area contributed by atoms with Gasteiger partial charge in [0.15, 0.2) is 0 Å². The van der Waals surface area contributed by atoms with Gasteiger partial charge >= 0.3 is 0 Å². The summed E-state index contributed by atoms with van der Waals surface area (Å²) in [7, 11) is 0. The lowest BCUT2D eigenvalue weighted by Crippen LogP contribution is -2.23. The Morgan fingerprint density at radius 2 is 2.08 bits per heavy atom. The van der Waals surface area contributed by atoms with Crippen LogP contribution in [0, 0.1) is 20.8 Å². The summed E-state index contributed by atoms with van der Waals surface area (Å²) < 4.78 is 12.8. The van der Waals surface area contributed by atoms with E-state index in [1.807, 2.05) is 32.4 Å². The predicted octanol–water partition coefficient (Wildman–Crippen LogP) is 2.72. The number of rotatable bonds is 7. The first kappa shape index (κ1) is 17.9. The topological polar surface area (TPSA) is 99.0 Å². The predicted molar refractivity (Wildman–Crippen MR) is 94.3 cm³/mol. The highest BCUT2D eigenvalue weighted by molar-refractivity contribution is 5.76. The van der Waals surface area contributed by atoms with E-state index in [0.29, 0.717) is 24.7 Å². The molecule has 8 heteroatoms. The Labute approximate surface area is 151 Å². The molecule has 1 N–H and O–H groups in total. The fourth-order valence-electron chi connectivity index (χ4n) is 2.86. The summed E-state index contributed by atoms with van der Waals surface area (Å²) in [6.45, 7) is 9.14. The van der Waals surface area contributed by atoms with Crippen LogP contribution in [0.3, 0.4) is 0 Å². The second kappa shape index (κ2) is 7.55. The zero-order chi connectivity index (χ0) is 18.7. The summed E-state index contributed by atoms with van der Waals surface area (Å²) in [4.78, 5) is 12.1. The lowest BCUT2D eigenvalue weighted by Gasteiger charge is -2.05. The first-order valence-electron chi connectivity index (χ1n) is 8.66. The molecule has 3 rings (SSSR count). The molecular formula is C18H23N5O3. The van der Waals surface area contributed by atoms with Crippen LogP contribution in [0.5, 0.6) is 0 Å². The number of nitrogens with zero attached hydrogens (tertiary/aromatic N) is 4. The minimum Gasteiger partial charge on any atom is -0.469 e. The largest absolute Gasteiger partial charge is 0.469 e. The van der Waals surface area contributed by atoms with Gasteiger partial charge in [-0.05, 0) is 33.8 Å². The summed E-state index contributed by atoms with van der Waals surface area (Å²) in [6, 6.07) is 1.78. The van der Waals surface area contributed by atoms with Crippen molar-refractivity contribution in [2.24, 2.45) is 0 Å². The van der Waals surface area contributed by atoms with Crippen molar-refractivity contribution in [3.63, 3.8) is 0 Å². The minimum absolute atomic E-state index is 0.0627. The molecule has 0 aliphatic heterocycles. The van der Waals surface area contributed by atoms with Gasteiger partial charge in [-0.3, -0.25) is 9.48 Å². The second-order valence-corrected chi connectivity index (χ2v) is 6.13. The third kappa shape index (κ3) is 3.68. The molecule has 0 spiro atoms. The van der Waals surface area contributed by atoms with E-state index in [1.165, 1.54) is 0 Å². The first-order valence-corrected chi connectivity index (χ1v) is 8.66. The monoisotopic (exact) mass is 357 g/mol. The zero-order valence-corrected chi connectivity index (χ0v) is 15.5. The molecule has 0 aliphatic carbocycles. The Hall–Kier alpha value is -2.90. The van der Waals surface area contributed by atoms with E-state index in [4.69, 9.17) is 8.83 Å². The molecule has 0 saturated carbocycles. The molecule has 0 aliphatic rings. The SMILES string of the molecule is CCn1nc(C)c(CNC(=O)CCc2nnc(-c3ccoc3C)o2)c1C. The second-order valence-electron chi connectivity index (χ2n) is 6.13. The highest BCUT2D eigenvalue weighted by atomic mass is 16.4. The van der Waals surface area contributed by atoms with Crippen molar-refractivity contribution in [1.82, 2.24) is 25.3 Å². The highest BCUT2D eigenvalue weighted by Gasteiger charge is 2.15. The van der Waals surface area contributed by atoms with E-state index < -0.39 is 0 Å². The molecule has 0 radical (unpaired) electrons. The summed E-state index contributed by atoms with van der Waals surface area (Å²) in [5.41, 5.74) is 3.87. The lowest BCUT2D eigenvalue weighted by molar-refractivity contribution is -0.121. The Morgan fingerprint density at radius 1 is 1.27 bits per heavy atom. The van der Waals surface area contributed by atoms with Crippen LogP contribution in [0.2, 0.25) is 0 Å². The third-order valence-electron chi connectivity index (χ3n) is 4.42. The average Bonchev–Trinajstić information content (AvgIpc) is 3.31. The van der Waals surface area contributed by atoms with E-state index in [2.05, 4.69) is 20.6 Å². The molecule has 0 unspecified atom stereocenters. The van der Waals surface area contributed by atoms with Crippen LogP contribution in [-0.2, 0) is 24.3 Å². The maximum absolute atomic E-state index is 12.1. The Morgan fingerprint density at radius 3 is 2.73 bits per heavy atom. The Kier molecular flexibility index (Phi) is 5.20. The molecule has 8 nitrogen and oxygen atoms in total. The molecule has 138 valence electrons. The van der Waals surface area contributed by atoms with Gasteiger partial charge in [0, 0.05) is 37.2 Å². The summed E-state index contributed by atoms with van der Waals surface area (Å²) in [5, 5.41) is 15.4. The molecule has 0 saturated heterocycles. The molecule has 1 amide bonds. The molecule has 3 heterocycles. The number of nitrogens with one attached hydrogen (secondary N) is 1. The van der Waals surface area contributed by atoms with Crippen molar-refractivity contribution >= 4 is 5.91 Å². The van der Waals surface area contributed by atoms with Crippen LogP contribution in [0.1, 0.15) is 41.9 Å². The van der Waals surface area contributed by atoms with Gasteiger partial charge in [-0.1, -0.05) is 0 Å². The molecule has 26 heavy (non-hydrogen) atoms. The number of amides is 1. The van der Waals surface area contributed by atoms with E-state index in [9.17, 15) is 4.79 Å². The minimum atomic E-state index is -0.0627. The van der Waals surface area contributed by atoms with Gasteiger partial charge in [0.1, 0.15) is 5.76 Å². The van der Waals surface area contributed by atoms with Crippen LogP contribution in [-0.4, -0.2) is 25.9 Å². The first-order chi connectivity index (χ1) is 12.5. The van der Waals surface area contributed by atoms with Gasteiger partial charge in [-0.15, -0.1) is 10.2 Å². The van der Waals surface area contributed by atoms with E-state index in [1.54, 1.807) is 12.3 Å². The van der Waals surface area contributed by atoms with Gasteiger partial charge in [0.25, 0.3) is 5.89 Å². The van der Waals surface area contributed by atoms with Gasteiger partial charge < -0.3 is 14.2 Å².